The van der Waals surface area contributed by atoms with Crippen LogP contribution in [0.3, 0.4) is 0 Å². The van der Waals surface area contributed by atoms with Gasteiger partial charge in [-0.2, -0.15) is 0 Å². The van der Waals surface area contributed by atoms with Gasteiger partial charge in [0.05, 0.1) is 18.4 Å². The predicted molar refractivity (Wildman–Crippen MR) is 124 cm³/mol. The van der Waals surface area contributed by atoms with E-state index in [1.54, 1.807) is 43.5 Å². The number of methoxy groups -OCH3 is 1. The molecular formula is C25H20N2O6. The molecule has 1 heterocycles. The molecule has 0 fully saturated rings. The van der Waals surface area contributed by atoms with E-state index in [0.717, 1.165) is 5.56 Å². The fourth-order valence-electron chi connectivity index (χ4n) is 3.38. The number of primary amides is 1. The summed E-state index contributed by atoms with van der Waals surface area (Å²) in [7, 11) is 1.58. The first kappa shape index (κ1) is 21.6. The van der Waals surface area contributed by atoms with Crippen molar-refractivity contribution in [2.45, 2.75) is 0 Å². The number of amides is 2. The van der Waals surface area contributed by atoms with Crippen LogP contribution in [0, 0.1) is 0 Å². The van der Waals surface area contributed by atoms with Crippen LogP contribution < -0.4 is 26.1 Å². The van der Waals surface area contributed by atoms with E-state index in [0.29, 0.717) is 33.7 Å². The molecule has 0 unspecified atom stereocenters. The summed E-state index contributed by atoms with van der Waals surface area (Å²) in [4.78, 5) is 35.9. The Kier molecular flexibility index (Phi) is 6.08. The zero-order valence-corrected chi connectivity index (χ0v) is 17.7. The summed E-state index contributed by atoms with van der Waals surface area (Å²) in [5.74, 6) is -0.0735. The second-order valence-corrected chi connectivity index (χ2v) is 7.11. The second kappa shape index (κ2) is 9.27. The summed E-state index contributed by atoms with van der Waals surface area (Å²) in [6.45, 7) is -0.318. The predicted octanol–water partition coefficient (Wildman–Crippen LogP) is 3.59. The Morgan fingerprint density at radius 1 is 0.970 bits per heavy atom. The molecule has 0 aliphatic carbocycles. The maximum atomic E-state index is 12.3. The quantitative estimate of drug-likeness (QED) is 0.420. The number of ether oxygens (including phenoxy) is 2. The van der Waals surface area contributed by atoms with E-state index in [9.17, 15) is 14.4 Å². The molecule has 0 saturated heterocycles. The monoisotopic (exact) mass is 444 g/mol. The highest BCUT2D eigenvalue weighted by molar-refractivity contribution is 6.03. The minimum atomic E-state index is -0.649. The van der Waals surface area contributed by atoms with Gasteiger partial charge in [-0.1, -0.05) is 24.3 Å². The van der Waals surface area contributed by atoms with Crippen LogP contribution in [0.2, 0.25) is 0 Å². The van der Waals surface area contributed by atoms with Crippen LogP contribution >= 0.6 is 0 Å². The Balaban J connectivity index is 1.53. The maximum Gasteiger partial charge on any atom is 0.336 e. The topological polar surface area (TPSA) is 121 Å². The molecule has 4 aromatic rings. The minimum absolute atomic E-state index is 0.199. The van der Waals surface area contributed by atoms with Crippen LogP contribution in [0.4, 0.5) is 5.69 Å². The molecule has 8 nitrogen and oxygen atoms in total. The van der Waals surface area contributed by atoms with Gasteiger partial charge in [-0.25, -0.2) is 4.79 Å². The van der Waals surface area contributed by atoms with Gasteiger partial charge in [0.1, 0.15) is 17.1 Å². The number of nitrogens with two attached hydrogens (primary N) is 1. The number of fused-ring (bicyclic) bond motifs is 1. The molecule has 8 heteroatoms. The molecule has 0 saturated carbocycles. The van der Waals surface area contributed by atoms with Crippen molar-refractivity contribution in [3.8, 4) is 22.6 Å². The molecule has 33 heavy (non-hydrogen) atoms. The fraction of sp³-hybridized carbons (Fsp3) is 0.0800. The highest BCUT2D eigenvalue weighted by Gasteiger charge is 2.13. The van der Waals surface area contributed by atoms with Crippen molar-refractivity contribution in [3.63, 3.8) is 0 Å². The summed E-state index contributed by atoms with van der Waals surface area (Å²) < 4.78 is 16.1. The maximum absolute atomic E-state index is 12.3. The highest BCUT2D eigenvalue weighted by atomic mass is 16.5. The van der Waals surface area contributed by atoms with Gasteiger partial charge < -0.3 is 24.9 Å². The fourth-order valence-corrected chi connectivity index (χ4v) is 3.38. The summed E-state index contributed by atoms with van der Waals surface area (Å²) in [6.07, 6.45) is 0. The van der Waals surface area contributed by atoms with E-state index in [-0.39, 0.29) is 12.2 Å². The lowest BCUT2D eigenvalue weighted by atomic mass is 10.0. The van der Waals surface area contributed by atoms with Crippen LogP contribution in [0.5, 0.6) is 11.5 Å². The zero-order chi connectivity index (χ0) is 23.4. The van der Waals surface area contributed by atoms with Crippen LogP contribution in [-0.4, -0.2) is 25.5 Å². The van der Waals surface area contributed by atoms with Crippen LogP contribution in [0.15, 0.2) is 82.0 Å². The first-order chi connectivity index (χ1) is 15.9. The molecule has 4 rings (SSSR count). The largest absolute Gasteiger partial charge is 0.497 e. The SMILES string of the molecule is COc1ccc(-c2cc(=O)oc3cc(OCC(=O)Nc4ccccc4C(N)=O)ccc23)cc1. The molecule has 0 aliphatic rings. The van der Waals surface area contributed by atoms with Crippen LogP contribution in [0.25, 0.3) is 22.1 Å². The number of rotatable bonds is 7. The van der Waals surface area contributed by atoms with E-state index in [4.69, 9.17) is 19.6 Å². The molecule has 3 aromatic carbocycles. The van der Waals surface area contributed by atoms with Gasteiger partial charge in [-0.15, -0.1) is 0 Å². The number of carbonyl (C=O) groups excluding carboxylic acids is 2. The number of benzene rings is 3. The van der Waals surface area contributed by atoms with E-state index in [1.165, 1.54) is 12.1 Å². The average molecular weight is 444 g/mol. The third-order valence-corrected chi connectivity index (χ3v) is 4.95. The minimum Gasteiger partial charge on any atom is -0.497 e. The molecule has 0 spiro atoms. The first-order valence-corrected chi connectivity index (χ1v) is 9.98. The number of hydrogen-bond acceptors (Lipinski definition) is 6. The van der Waals surface area contributed by atoms with Crippen molar-refractivity contribution in [2.75, 3.05) is 19.0 Å². The molecular weight excluding hydrogens is 424 g/mol. The number of para-hydroxylation sites is 1. The van der Waals surface area contributed by atoms with Gasteiger partial charge in [0, 0.05) is 17.5 Å². The number of nitrogens with one attached hydrogen (secondary N) is 1. The summed E-state index contributed by atoms with van der Waals surface area (Å²) in [5.41, 5.74) is 7.17. The Hall–Kier alpha value is -4.59. The van der Waals surface area contributed by atoms with Crippen molar-refractivity contribution < 1.29 is 23.5 Å². The van der Waals surface area contributed by atoms with Gasteiger partial charge in [0.15, 0.2) is 6.61 Å². The third kappa shape index (κ3) is 4.85. The van der Waals surface area contributed by atoms with Crippen molar-refractivity contribution in [1.82, 2.24) is 0 Å². The summed E-state index contributed by atoms with van der Waals surface area (Å²) in [5, 5.41) is 3.31. The van der Waals surface area contributed by atoms with E-state index in [1.807, 2.05) is 24.3 Å². The molecule has 3 N–H and O–H groups in total. The molecule has 2 amide bonds. The molecule has 0 atom stereocenters. The number of anilines is 1. The summed E-state index contributed by atoms with van der Waals surface area (Å²) in [6, 6.07) is 20.1. The Morgan fingerprint density at radius 3 is 2.42 bits per heavy atom. The lowest BCUT2D eigenvalue weighted by Crippen LogP contribution is -2.22. The van der Waals surface area contributed by atoms with E-state index in [2.05, 4.69) is 5.32 Å². The highest BCUT2D eigenvalue weighted by Crippen LogP contribution is 2.30. The summed E-state index contributed by atoms with van der Waals surface area (Å²) >= 11 is 0. The first-order valence-electron chi connectivity index (χ1n) is 9.98. The normalized spacial score (nSPS) is 10.6. The van der Waals surface area contributed by atoms with E-state index >= 15 is 0 Å². The lowest BCUT2D eigenvalue weighted by molar-refractivity contribution is -0.118. The molecule has 0 aliphatic heterocycles. The zero-order valence-electron chi connectivity index (χ0n) is 17.7. The van der Waals surface area contributed by atoms with Crippen LogP contribution in [-0.2, 0) is 4.79 Å². The Morgan fingerprint density at radius 2 is 1.70 bits per heavy atom. The van der Waals surface area contributed by atoms with Gasteiger partial charge in [-0.3, -0.25) is 9.59 Å². The van der Waals surface area contributed by atoms with Crippen molar-refractivity contribution >= 4 is 28.5 Å². The molecule has 1 aromatic heterocycles. The van der Waals surface area contributed by atoms with Gasteiger partial charge in [0.25, 0.3) is 11.8 Å². The van der Waals surface area contributed by atoms with Gasteiger partial charge in [-0.05, 0) is 47.5 Å². The number of carbonyl (C=O) groups is 2. The van der Waals surface area contributed by atoms with E-state index < -0.39 is 17.4 Å². The van der Waals surface area contributed by atoms with Crippen molar-refractivity contribution in [3.05, 3.63) is 88.8 Å². The molecule has 0 bridgehead atoms. The van der Waals surface area contributed by atoms with Crippen molar-refractivity contribution in [1.29, 1.82) is 0 Å². The van der Waals surface area contributed by atoms with Gasteiger partial charge >= 0.3 is 5.63 Å². The molecule has 0 radical (unpaired) electrons. The standard InChI is InChI=1S/C25H20N2O6/c1-31-16-8-6-15(7-9-16)20-13-24(29)33-22-12-17(10-11-18(20)22)32-14-23(28)27-21-5-3-2-4-19(21)25(26)30/h2-13H,14H2,1H3,(H2,26,30)(H,27,28). The average Bonchev–Trinajstić information content (AvgIpc) is 2.82. The third-order valence-electron chi connectivity index (χ3n) is 4.95. The number of hydrogen-bond donors (Lipinski definition) is 2. The smallest absolute Gasteiger partial charge is 0.336 e. The second-order valence-electron chi connectivity index (χ2n) is 7.11. The lowest BCUT2D eigenvalue weighted by Gasteiger charge is -2.11. The van der Waals surface area contributed by atoms with Gasteiger partial charge in [0.2, 0.25) is 0 Å². The molecule has 166 valence electrons. The Labute approximate surface area is 188 Å². The Bertz CT molecular complexity index is 1390. The van der Waals surface area contributed by atoms with Crippen LogP contribution in [0.1, 0.15) is 10.4 Å². The van der Waals surface area contributed by atoms with Crippen molar-refractivity contribution in [2.24, 2.45) is 5.73 Å².